The summed E-state index contributed by atoms with van der Waals surface area (Å²) in [5.41, 5.74) is -0.566. The number of halogens is 3. The highest BCUT2D eigenvalue weighted by Gasteiger charge is 2.35. The molecular weight excluding hydrogens is 515 g/mol. The number of rotatable bonds is 7. The summed E-state index contributed by atoms with van der Waals surface area (Å²) < 4.78 is 49.9. The lowest BCUT2D eigenvalue weighted by Crippen LogP contribution is -2.29. The van der Waals surface area contributed by atoms with Crippen LogP contribution in [0, 0.1) is 0 Å². The first-order chi connectivity index (χ1) is 17.5. The molecule has 14 heteroatoms. The van der Waals surface area contributed by atoms with Crippen molar-refractivity contribution in [2.75, 3.05) is 26.1 Å². The molecule has 0 aliphatic heterocycles. The van der Waals surface area contributed by atoms with E-state index in [4.69, 9.17) is 9.47 Å². The average Bonchev–Trinajstić information content (AvgIpc) is 3.38. The summed E-state index contributed by atoms with van der Waals surface area (Å²) in [5.74, 6) is -1.92. The van der Waals surface area contributed by atoms with Crippen LogP contribution in [0.2, 0.25) is 0 Å². The van der Waals surface area contributed by atoms with E-state index in [0.29, 0.717) is 29.0 Å². The van der Waals surface area contributed by atoms with Crippen molar-refractivity contribution in [3.63, 3.8) is 0 Å². The number of urea groups is 1. The van der Waals surface area contributed by atoms with Crippen molar-refractivity contribution in [1.29, 1.82) is 0 Å². The van der Waals surface area contributed by atoms with Crippen molar-refractivity contribution in [3.8, 4) is 21.7 Å². The van der Waals surface area contributed by atoms with E-state index in [-0.39, 0.29) is 39.6 Å². The quantitative estimate of drug-likeness (QED) is 0.419. The number of thiazole rings is 1. The second-order valence-electron chi connectivity index (χ2n) is 7.35. The predicted molar refractivity (Wildman–Crippen MR) is 128 cm³/mol. The molecule has 0 saturated carbocycles. The largest absolute Gasteiger partial charge is 0.465 e. The number of hydrogen-bond donors (Lipinski definition) is 2. The Balaban J connectivity index is 2.41. The van der Waals surface area contributed by atoms with Crippen LogP contribution in [0.25, 0.3) is 21.7 Å². The van der Waals surface area contributed by atoms with Crippen LogP contribution in [0.1, 0.15) is 46.0 Å². The first-order valence-electron chi connectivity index (χ1n) is 10.8. The molecule has 0 aromatic carbocycles. The van der Waals surface area contributed by atoms with Gasteiger partial charge in [0.05, 0.1) is 19.8 Å². The molecule has 37 heavy (non-hydrogen) atoms. The van der Waals surface area contributed by atoms with Crippen LogP contribution in [0.5, 0.6) is 0 Å². The summed E-state index contributed by atoms with van der Waals surface area (Å²) >= 11 is 0.640. The number of alkyl halides is 3. The van der Waals surface area contributed by atoms with E-state index >= 15 is 0 Å². The van der Waals surface area contributed by atoms with Gasteiger partial charge in [0.15, 0.2) is 5.69 Å². The standard InChI is InChI=1S/C23H22F3N5O5S/c1-5-14-12(7-11(8-28-14)20(32)35-3)13-9-29-18(31-22(34)27-6-2)17(21(33)36-4)16(13)19-30-15(10-37-19)23(24,25)26/h7-10H,5-6H2,1-4H3,(H2,27,29,31,34). The van der Waals surface area contributed by atoms with Gasteiger partial charge in [0.2, 0.25) is 0 Å². The Labute approximate surface area is 213 Å². The lowest BCUT2D eigenvalue weighted by atomic mass is 9.94. The van der Waals surface area contributed by atoms with Gasteiger partial charge in [0, 0.05) is 46.7 Å². The fourth-order valence-corrected chi connectivity index (χ4v) is 4.29. The van der Waals surface area contributed by atoms with Gasteiger partial charge in [-0.15, -0.1) is 11.3 Å². The summed E-state index contributed by atoms with van der Waals surface area (Å²) in [6, 6.07) is 0.742. The van der Waals surface area contributed by atoms with Crippen LogP contribution in [-0.2, 0) is 22.1 Å². The monoisotopic (exact) mass is 537 g/mol. The maximum absolute atomic E-state index is 13.4. The van der Waals surface area contributed by atoms with E-state index in [1.165, 1.54) is 25.6 Å². The third kappa shape index (κ3) is 5.85. The number of esters is 2. The van der Waals surface area contributed by atoms with Crippen molar-refractivity contribution in [2.24, 2.45) is 0 Å². The normalized spacial score (nSPS) is 11.1. The van der Waals surface area contributed by atoms with Gasteiger partial charge in [-0.3, -0.25) is 10.3 Å². The number of aryl methyl sites for hydroxylation is 1. The zero-order chi connectivity index (χ0) is 27.3. The molecule has 0 aliphatic rings. The van der Waals surface area contributed by atoms with Gasteiger partial charge in [0.1, 0.15) is 16.4 Å². The minimum absolute atomic E-state index is 0.0694. The summed E-state index contributed by atoms with van der Waals surface area (Å²) in [4.78, 5) is 49.6. The van der Waals surface area contributed by atoms with Crippen LogP contribution in [0.3, 0.4) is 0 Å². The average molecular weight is 538 g/mol. The fraction of sp³-hybridized carbons (Fsp3) is 0.304. The predicted octanol–water partition coefficient (Wildman–Crippen LogP) is 4.56. The summed E-state index contributed by atoms with van der Waals surface area (Å²) in [5, 5.41) is 5.53. The Morgan fingerprint density at radius 3 is 2.30 bits per heavy atom. The minimum atomic E-state index is -4.74. The van der Waals surface area contributed by atoms with Gasteiger partial charge in [-0.05, 0) is 19.4 Å². The Morgan fingerprint density at radius 2 is 1.73 bits per heavy atom. The van der Waals surface area contributed by atoms with E-state index < -0.39 is 29.8 Å². The number of pyridine rings is 2. The zero-order valence-electron chi connectivity index (χ0n) is 20.1. The maximum Gasteiger partial charge on any atom is 0.434 e. The molecule has 0 bridgehead atoms. The number of hydrogen-bond acceptors (Lipinski definition) is 9. The molecule has 196 valence electrons. The van der Waals surface area contributed by atoms with Crippen LogP contribution >= 0.6 is 11.3 Å². The Bertz CT molecular complexity index is 1340. The molecule has 10 nitrogen and oxygen atoms in total. The lowest BCUT2D eigenvalue weighted by molar-refractivity contribution is -0.140. The molecule has 0 aliphatic carbocycles. The van der Waals surface area contributed by atoms with E-state index in [1.54, 1.807) is 13.8 Å². The summed E-state index contributed by atoms with van der Waals surface area (Å²) in [7, 11) is 2.27. The topological polar surface area (TPSA) is 132 Å². The Morgan fingerprint density at radius 1 is 1.03 bits per heavy atom. The highest BCUT2D eigenvalue weighted by Crippen LogP contribution is 2.42. The number of carbonyl (C=O) groups excluding carboxylic acids is 3. The van der Waals surface area contributed by atoms with Crippen LogP contribution in [0.4, 0.5) is 23.8 Å². The van der Waals surface area contributed by atoms with Crippen molar-refractivity contribution in [2.45, 2.75) is 26.4 Å². The number of aromatic nitrogens is 3. The van der Waals surface area contributed by atoms with Gasteiger partial charge in [-0.25, -0.2) is 24.4 Å². The third-order valence-corrected chi connectivity index (χ3v) is 5.92. The van der Waals surface area contributed by atoms with Crippen LogP contribution in [0.15, 0.2) is 23.8 Å². The number of anilines is 1. The smallest absolute Gasteiger partial charge is 0.434 e. The zero-order valence-corrected chi connectivity index (χ0v) is 21.0. The SMILES string of the molecule is CCNC(=O)Nc1ncc(-c2cc(C(=O)OC)cnc2CC)c(-c2nc(C(F)(F)F)cs2)c1C(=O)OC. The van der Waals surface area contributed by atoms with E-state index in [0.717, 1.165) is 12.5 Å². The lowest BCUT2D eigenvalue weighted by Gasteiger charge is -2.18. The number of ether oxygens (including phenoxy) is 2. The maximum atomic E-state index is 13.4. The van der Waals surface area contributed by atoms with Crippen LogP contribution < -0.4 is 10.6 Å². The van der Waals surface area contributed by atoms with Gasteiger partial charge in [0.25, 0.3) is 0 Å². The second-order valence-corrected chi connectivity index (χ2v) is 8.20. The summed E-state index contributed by atoms with van der Waals surface area (Å²) in [6.45, 7) is 3.72. The number of amides is 2. The van der Waals surface area contributed by atoms with Crippen LogP contribution in [-0.4, -0.2) is 53.7 Å². The van der Waals surface area contributed by atoms with Gasteiger partial charge >= 0.3 is 24.1 Å². The minimum Gasteiger partial charge on any atom is -0.465 e. The molecule has 0 saturated heterocycles. The highest BCUT2D eigenvalue weighted by atomic mass is 32.1. The van der Waals surface area contributed by atoms with Crippen molar-refractivity contribution >= 4 is 35.1 Å². The first-order valence-corrected chi connectivity index (χ1v) is 11.7. The molecule has 3 aromatic heterocycles. The number of methoxy groups -OCH3 is 2. The van der Waals surface area contributed by atoms with Crippen molar-refractivity contribution in [3.05, 3.63) is 46.4 Å². The van der Waals surface area contributed by atoms with Gasteiger partial charge in [-0.2, -0.15) is 13.2 Å². The molecule has 0 radical (unpaired) electrons. The van der Waals surface area contributed by atoms with Crippen molar-refractivity contribution in [1.82, 2.24) is 20.3 Å². The third-order valence-electron chi connectivity index (χ3n) is 5.06. The van der Waals surface area contributed by atoms with E-state index in [1.807, 2.05) is 0 Å². The molecule has 3 aromatic rings. The summed E-state index contributed by atoms with van der Waals surface area (Å²) in [6.07, 6.45) is -1.81. The number of carbonyl (C=O) groups is 3. The molecule has 0 atom stereocenters. The number of nitrogens with one attached hydrogen (secondary N) is 2. The molecule has 0 fully saturated rings. The molecule has 0 spiro atoms. The fourth-order valence-electron chi connectivity index (χ4n) is 3.40. The molecule has 3 heterocycles. The van der Waals surface area contributed by atoms with Crippen molar-refractivity contribution < 1.29 is 37.0 Å². The second kappa shape index (κ2) is 11.3. The van der Waals surface area contributed by atoms with E-state index in [9.17, 15) is 27.6 Å². The molecular formula is C23H22F3N5O5S. The van der Waals surface area contributed by atoms with E-state index in [2.05, 4.69) is 25.6 Å². The van der Waals surface area contributed by atoms with Gasteiger partial charge in [-0.1, -0.05) is 6.92 Å². The molecule has 2 N–H and O–H groups in total. The molecule has 0 unspecified atom stereocenters. The number of nitrogens with zero attached hydrogens (tertiary/aromatic N) is 3. The first kappa shape index (κ1) is 27.5. The molecule has 2 amide bonds. The Hall–Kier alpha value is -4.07. The molecule has 3 rings (SSSR count). The van der Waals surface area contributed by atoms with Gasteiger partial charge < -0.3 is 14.8 Å². The Kier molecular flexibility index (Phi) is 8.42. The highest BCUT2D eigenvalue weighted by molar-refractivity contribution is 7.13.